The third-order valence-corrected chi connectivity index (χ3v) is 3.14. The molecule has 1 atom stereocenters. The van der Waals surface area contributed by atoms with Crippen LogP contribution < -0.4 is 5.32 Å². The monoisotopic (exact) mass is 221 g/mol. The van der Waals surface area contributed by atoms with Crippen molar-refractivity contribution < 1.29 is 4.39 Å². The number of alkyl halides is 1. The summed E-state index contributed by atoms with van der Waals surface area (Å²) in [5, 5.41) is 3.36. The quantitative estimate of drug-likeness (QED) is 0.827. The van der Waals surface area contributed by atoms with E-state index in [4.69, 9.17) is 0 Å². The van der Waals surface area contributed by atoms with Gasteiger partial charge >= 0.3 is 0 Å². The first-order valence-electron chi connectivity index (χ1n) is 6.03. The highest BCUT2D eigenvalue weighted by molar-refractivity contribution is 5.27. The van der Waals surface area contributed by atoms with E-state index in [1.54, 1.807) is 13.8 Å². The molecule has 0 aliphatic carbocycles. The molecule has 1 fully saturated rings. The molecule has 1 aromatic carbocycles. The van der Waals surface area contributed by atoms with Crippen LogP contribution in [-0.2, 0) is 6.42 Å². The van der Waals surface area contributed by atoms with E-state index >= 15 is 0 Å². The molecule has 1 saturated heterocycles. The van der Waals surface area contributed by atoms with Gasteiger partial charge in [0, 0.05) is 13.0 Å². The first kappa shape index (κ1) is 11.6. The Morgan fingerprint density at radius 3 is 2.50 bits per heavy atom. The van der Waals surface area contributed by atoms with Gasteiger partial charge in [0.1, 0.15) is 5.67 Å². The Balaban J connectivity index is 2.04. The first-order chi connectivity index (χ1) is 7.54. The number of rotatable bonds is 3. The molecule has 16 heavy (non-hydrogen) atoms. The highest BCUT2D eigenvalue weighted by Gasteiger charge is 2.18. The van der Waals surface area contributed by atoms with E-state index in [1.165, 1.54) is 12.0 Å². The summed E-state index contributed by atoms with van der Waals surface area (Å²) in [6.45, 7) is 5.45. The second-order valence-electron chi connectivity index (χ2n) is 5.33. The lowest BCUT2D eigenvalue weighted by Gasteiger charge is -2.15. The van der Waals surface area contributed by atoms with Gasteiger partial charge in [-0.1, -0.05) is 24.3 Å². The lowest BCUT2D eigenvalue weighted by molar-refractivity contribution is 0.217. The maximum absolute atomic E-state index is 13.5. The van der Waals surface area contributed by atoms with Gasteiger partial charge in [-0.15, -0.1) is 0 Å². The van der Waals surface area contributed by atoms with E-state index in [-0.39, 0.29) is 0 Å². The Morgan fingerprint density at radius 1 is 1.31 bits per heavy atom. The lowest BCUT2D eigenvalue weighted by atomic mass is 9.94. The largest absolute Gasteiger partial charge is 0.316 e. The van der Waals surface area contributed by atoms with E-state index in [0.717, 1.165) is 18.7 Å². The van der Waals surface area contributed by atoms with Gasteiger partial charge in [-0.05, 0) is 43.9 Å². The van der Waals surface area contributed by atoms with E-state index in [0.29, 0.717) is 12.3 Å². The van der Waals surface area contributed by atoms with Crippen LogP contribution >= 0.6 is 0 Å². The molecule has 0 amide bonds. The molecule has 1 nitrogen and oxygen atoms in total. The van der Waals surface area contributed by atoms with Crippen molar-refractivity contribution in [2.45, 2.75) is 38.3 Å². The smallest absolute Gasteiger partial charge is 0.109 e. The van der Waals surface area contributed by atoms with Crippen molar-refractivity contribution in [3.63, 3.8) is 0 Å². The molecule has 0 aromatic heterocycles. The van der Waals surface area contributed by atoms with E-state index < -0.39 is 5.67 Å². The second kappa shape index (κ2) is 4.54. The van der Waals surface area contributed by atoms with E-state index in [9.17, 15) is 4.39 Å². The number of halogens is 1. The molecule has 1 N–H and O–H groups in total. The van der Waals surface area contributed by atoms with Gasteiger partial charge in [-0.3, -0.25) is 0 Å². The fourth-order valence-corrected chi connectivity index (χ4v) is 2.33. The van der Waals surface area contributed by atoms with Crippen molar-refractivity contribution >= 4 is 0 Å². The molecule has 1 aliphatic heterocycles. The fourth-order valence-electron chi connectivity index (χ4n) is 2.33. The van der Waals surface area contributed by atoms with Crippen LogP contribution in [0.4, 0.5) is 4.39 Å². The molecule has 2 heteroatoms. The molecule has 88 valence electrons. The minimum atomic E-state index is -1.11. The molecule has 1 aliphatic rings. The van der Waals surface area contributed by atoms with Crippen molar-refractivity contribution in [3.8, 4) is 0 Å². The number of hydrogen-bond acceptors (Lipinski definition) is 1. The van der Waals surface area contributed by atoms with Crippen molar-refractivity contribution in [2.24, 2.45) is 0 Å². The molecule has 1 heterocycles. The van der Waals surface area contributed by atoms with Gasteiger partial charge in [0.25, 0.3) is 0 Å². The van der Waals surface area contributed by atoms with Gasteiger partial charge in [0.15, 0.2) is 0 Å². The number of benzene rings is 1. The molecule has 2 rings (SSSR count). The summed E-state index contributed by atoms with van der Waals surface area (Å²) in [6.07, 6.45) is 1.71. The van der Waals surface area contributed by atoms with Gasteiger partial charge < -0.3 is 5.32 Å². The highest BCUT2D eigenvalue weighted by Crippen LogP contribution is 2.24. The molecule has 0 saturated carbocycles. The summed E-state index contributed by atoms with van der Waals surface area (Å²) in [5.41, 5.74) is 1.35. The Labute approximate surface area is 97.1 Å². The standard InChI is InChI=1S/C14H20FN/c1-14(2,15)9-11-3-5-12(6-4-11)13-7-8-16-10-13/h3-6,13,16H,7-10H2,1-2H3. The second-order valence-corrected chi connectivity index (χ2v) is 5.33. The Hall–Kier alpha value is -0.890. The first-order valence-corrected chi connectivity index (χ1v) is 6.03. The van der Waals surface area contributed by atoms with Crippen LogP contribution in [0.1, 0.15) is 37.3 Å². The molecule has 0 spiro atoms. The average molecular weight is 221 g/mol. The van der Waals surface area contributed by atoms with Gasteiger partial charge in [0.2, 0.25) is 0 Å². The van der Waals surface area contributed by atoms with E-state index in [2.05, 4.69) is 29.6 Å². The maximum Gasteiger partial charge on any atom is 0.109 e. The lowest BCUT2D eigenvalue weighted by Crippen LogP contribution is -2.15. The minimum absolute atomic E-state index is 0.496. The third-order valence-electron chi connectivity index (χ3n) is 3.14. The fraction of sp³-hybridized carbons (Fsp3) is 0.571. The van der Waals surface area contributed by atoms with Gasteiger partial charge in [0.05, 0.1) is 0 Å². The van der Waals surface area contributed by atoms with Gasteiger partial charge in [-0.25, -0.2) is 4.39 Å². The Kier molecular flexibility index (Phi) is 3.29. The van der Waals surface area contributed by atoms with Crippen molar-refractivity contribution in [1.29, 1.82) is 0 Å². The van der Waals surface area contributed by atoms with Crippen LogP contribution in [0.5, 0.6) is 0 Å². The molecule has 1 unspecified atom stereocenters. The highest BCUT2D eigenvalue weighted by atomic mass is 19.1. The van der Waals surface area contributed by atoms with Crippen LogP contribution in [0, 0.1) is 0 Å². The summed E-state index contributed by atoms with van der Waals surface area (Å²) in [4.78, 5) is 0. The molecular weight excluding hydrogens is 201 g/mol. The number of nitrogens with one attached hydrogen (secondary N) is 1. The van der Waals surface area contributed by atoms with Crippen molar-refractivity contribution in [2.75, 3.05) is 13.1 Å². The molecule has 0 bridgehead atoms. The van der Waals surface area contributed by atoms with Crippen molar-refractivity contribution in [3.05, 3.63) is 35.4 Å². The van der Waals surface area contributed by atoms with E-state index in [1.807, 2.05) is 0 Å². The minimum Gasteiger partial charge on any atom is -0.316 e. The normalized spacial score (nSPS) is 21.3. The maximum atomic E-state index is 13.5. The van der Waals surface area contributed by atoms with Crippen LogP contribution in [-0.4, -0.2) is 18.8 Å². The molecular formula is C14H20FN. The zero-order valence-electron chi connectivity index (χ0n) is 10.1. The third kappa shape index (κ3) is 3.05. The number of hydrogen-bond donors (Lipinski definition) is 1. The van der Waals surface area contributed by atoms with Crippen LogP contribution in [0.3, 0.4) is 0 Å². The summed E-state index contributed by atoms with van der Waals surface area (Å²) in [6, 6.07) is 8.43. The summed E-state index contributed by atoms with van der Waals surface area (Å²) >= 11 is 0. The van der Waals surface area contributed by atoms with Gasteiger partial charge in [-0.2, -0.15) is 0 Å². The Bertz CT molecular complexity index is 331. The topological polar surface area (TPSA) is 12.0 Å². The predicted molar refractivity (Wildman–Crippen MR) is 65.6 cm³/mol. The summed E-state index contributed by atoms with van der Waals surface area (Å²) in [5.74, 6) is 0.646. The predicted octanol–water partition coefficient (Wildman–Crippen LogP) is 3.05. The zero-order valence-corrected chi connectivity index (χ0v) is 10.1. The van der Waals surface area contributed by atoms with Crippen LogP contribution in [0.25, 0.3) is 0 Å². The van der Waals surface area contributed by atoms with Crippen LogP contribution in [0.2, 0.25) is 0 Å². The zero-order chi connectivity index (χ0) is 11.6. The Morgan fingerprint density at radius 2 is 2.00 bits per heavy atom. The average Bonchev–Trinajstić information content (AvgIpc) is 2.69. The molecule has 0 radical (unpaired) electrons. The summed E-state index contributed by atoms with van der Waals surface area (Å²) < 4.78 is 13.5. The molecule has 1 aromatic rings. The SMILES string of the molecule is CC(C)(F)Cc1ccc(C2CCNC2)cc1. The van der Waals surface area contributed by atoms with Crippen LogP contribution in [0.15, 0.2) is 24.3 Å². The summed E-state index contributed by atoms with van der Waals surface area (Å²) in [7, 11) is 0. The van der Waals surface area contributed by atoms with Crippen molar-refractivity contribution in [1.82, 2.24) is 5.32 Å².